The van der Waals surface area contributed by atoms with Gasteiger partial charge in [0.15, 0.2) is 4.34 Å². The summed E-state index contributed by atoms with van der Waals surface area (Å²) in [5.41, 5.74) is 1.32. The van der Waals surface area contributed by atoms with E-state index in [0.29, 0.717) is 0 Å². The number of thioether (sulfide) groups is 1. The van der Waals surface area contributed by atoms with Gasteiger partial charge < -0.3 is 10.2 Å². The molecule has 6 nitrogen and oxygen atoms in total. The van der Waals surface area contributed by atoms with Gasteiger partial charge in [-0.1, -0.05) is 53.4 Å². The number of nitrogens with zero attached hydrogens (tertiary/aromatic N) is 4. The number of carbonyl (C=O) groups is 1. The Bertz CT molecular complexity index is 701. The second-order valence-corrected chi connectivity index (χ2v) is 8.82. The largest absolute Gasteiger partial charge is 0.360 e. The molecule has 1 N–H and O–H groups in total. The molecule has 1 amide bonds. The zero-order valence-electron chi connectivity index (χ0n) is 15.2. The van der Waals surface area contributed by atoms with Crippen LogP contribution in [0, 0.1) is 0 Å². The van der Waals surface area contributed by atoms with Crippen LogP contribution in [-0.4, -0.2) is 63.9 Å². The first-order chi connectivity index (χ1) is 12.7. The molecule has 0 unspecified atom stereocenters. The fourth-order valence-corrected chi connectivity index (χ4v) is 4.95. The Kier molecular flexibility index (Phi) is 6.87. The van der Waals surface area contributed by atoms with E-state index >= 15 is 0 Å². The van der Waals surface area contributed by atoms with Gasteiger partial charge in [-0.3, -0.25) is 9.69 Å². The predicted molar refractivity (Wildman–Crippen MR) is 108 cm³/mol. The Labute approximate surface area is 163 Å². The van der Waals surface area contributed by atoms with Gasteiger partial charge in [0.1, 0.15) is 0 Å². The molecule has 1 atom stereocenters. The smallest absolute Gasteiger partial charge is 0.235 e. The molecular formula is C18H25N5OS2. The van der Waals surface area contributed by atoms with Crippen molar-refractivity contribution in [3.63, 3.8) is 0 Å². The summed E-state index contributed by atoms with van der Waals surface area (Å²) in [6.07, 6.45) is 0. The van der Waals surface area contributed by atoms with Crippen molar-refractivity contribution in [2.75, 3.05) is 38.0 Å². The molecule has 1 aromatic carbocycles. The molecule has 0 bridgehead atoms. The van der Waals surface area contributed by atoms with Crippen molar-refractivity contribution in [3.05, 3.63) is 35.9 Å². The van der Waals surface area contributed by atoms with Crippen LogP contribution in [0.1, 0.15) is 19.4 Å². The third-order valence-corrected chi connectivity index (χ3v) is 6.35. The summed E-state index contributed by atoms with van der Waals surface area (Å²) in [7, 11) is 0. The number of rotatable bonds is 7. The van der Waals surface area contributed by atoms with E-state index in [1.807, 2.05) is 24.8 Å². The molecule has 0 saturated carbocycles. The van der Waals surface area contributed by atoms with Gasteiger partial charge in [-0.25, -0.2) is 0 Å². The summed E-state index contributed by atoms with van der Waals surface area (Å²) in [4.78, 5) is 17.1. The zero-order chi connectivity index (χ0) is 18.4. The number of nitrogens with one attached hydrogen (secondary N) is 1. The van der Waals surface area contributed by atoms with E-state index in [9.17, 15) is 4.79 Å². The molecule has 26 heavy (non-hydrogen) atoms. The maximum Gasteiger partial charge on any atom is 0.235 e. The first kappa shape index (κ1) is 19.1. The van der Waals surface area contributed by atoms with Crippen molar-refractivity contribution in [1.82, 2.24) is 20.0 Å². The number of amides is 1. The molecule has 2 heterocycles. The average molecular weight is 392 g/mol. The molecule has 8 heteroatoms. The molecule has 0 aliphatic carbocycles. The maximum absolute atomic E-state index is 12.7. The topological polar surface area (TPSA) is 61.4 Å². The Morgan fingerprint density at radius 1 is 1.23 bits per heavy atom. The van der Waals surface area contributed by atoms with Crippen molar-refractivity contribution >= 4 is 34.1 Å². The monoisotopic (exact) mass is 391 g/mol. The minimum absolute atomic E-state index is 0.141. The van der Waals surface area contributed by atoms with Crippen LogP contribution in [-0.2, 0) is 11.3 Å². The third-order valence-electron chi connectivity index (χ3n) is 4.29. The fourth-order valence-electron chi connectivity index (χ4n) is 2.91. The van der Waals surface area contributed by atoms with Crippen LogP contribution in [0.25, 0.3) is 0 Å². The summed E-state index contributed by atoms with van der Waals surface area (Å²) in [5.74, 6) is 0.189. The Balaban J connectivity index is 1.46. The van der Waals surface area contributed by atoms with Crippen LogP contribution in [0.15, 0.2) is 34.7 Å². The van der Waals surface area contributed by atoms with Gasteiger partial charge in [0.25, 0.3) is 0 Å². The van der Waals surface area contributed by atoms with Crippen molar-refractivity contribution < 1.29 is 4.79 Å². The normalized spacial score (nSPS) is 16.5. The number of anilines is 1. The molecule has 1 aliphatic heterocycles. The van der Waals surface area contributed by atoms with E-state index in [1.54, 1.807) is 0 Å². The molecule has 140 valence electrons. The highest BCUT2D eigenvalue weighted by atomic mass is 32.2. The molecule has 3 rings (SSSR count). The highest BCUT2D eigenvalue weighted by molar-refractivity contribution is 8.02. The molecule has 2 aromatic rings. The highest BCUT2D eigenvalue weighted by Gasteiger charge is 2.26. The fraction of sp³-hybridized carbons (Fsp3) is 0.500. The standard InChI is InChI=1S/C18H25N5OS2/c1-3-19-17-20-21-18(26-17)25-14(2)16(24)23-11-9-22(10-12-23)13-15-7-5-4-6-8-15/h4-8,14H,3,9-13H2,1-2H3,(H,19,20)/t14-/m0/s1. The number of carbonyl (C=O) groups excluding carboxylic acids is 1. The Morgan fingerprint density at radius 3 is 2.65 bits per heavy atom. The van der Waals surface area contributed by atoms with Crippen LogP contribution in [0.2, 0.25) is 0 Å². The second-order valence-electron chi connectivity index (χ2n) is 6.25. The Hall–Kier alpha value is -1.64. The van der Waals surface area contributed by atoms with Gasteiger partial charge in [-0.15, -0.1) is 10.2 Å². The SMILES string of the molecule is CCNc1nnc(S[C@@H](C)C(=O)N2CCN(Cc3ccccc3)CC2)s1. The molecule has 1 fully saturated rings. The van der Waals surface area contributed by atoms with Crippen LogP contribution >= 0.6 is 23.1 Å². The lowest BCUT2D eigenvalue weighted by atomic mass is 10.2. The molecule has 0 radical (unpaired) electrons. The van der Waals surface area contributed by atoms with Gasteiger partial charge in [0.05, 0.1) is 5.25 Å². The molecule has 1 aliphatic rings. The van der Waals surface area contributed by atoms with E-state index in [0.717, 1.165) is 48.7 Å². The number of hydrogen-bond acceptors (Lipinski definition) is 7. The summed E-state index contributed by atoms with van der Waals surface area (Å²) in [6.45, 7) is 9.16. The Morgan fingerprint density at radius 2 is 1.96 bits per heavy atom. The zero-order valence-corrected chi connectivity index (χ0v) is 16.9. The molecule has 1 aromatic heterocycles. The molecular weight excluding hydrogens is 366 g/mol. The second kappa shape index (κ2) is 9.34. The first-order valence-electron chi connectivity index (χ1n) is 8.95. The van der Waals surface area contributed by atoms with E-state index in [-0.39, 0.29) is 11.2 Å². The van der Waals surface area contributed by atoms with E-state index < -0.39 is 0 Å². The highest BCUT2D eigenvalue weighted by Crippen LogP contribution is 2.29. The summed E-state index contributed by atoms with van der Waals surface area (Å²) < 4.78 is 0.838. The predicted octanol–water partition coefficient (Wildman–Crippen LogP) is 2.79. The lowest BCUT2D eigenvalue weighted by Gasteiger charge is -2.35. The maximum atomic E-state index is 12.7. The van der Waals surface area contributed by atoms with E-state index in [4.69, 9.17) is 0 Å². The van der Waals surface area contributed by atoms with Crippen LogP contribution in [0.3, 0.4) is 0 Å². The van der Waals surface area contributed by atoms with Crippen molar-refractivity contribution in [2.45, 2.75) is 30.0 Å². The summed E-state index contributed by atoms with van der Waals surface area (Å²) in [5, 5.41) is 12.1. The van der Waals surface area contributed by atoms with Gasteiger partial charge in [-0.2, -0.15) is 0 Å². The quantitative estimate of drug-likeness (QED) is 0.733. The van der Waals surface area contributed by atoms with Crippen molar-refractivity contribution in [2.24, 2.45) is 0 Å². The lowest BCUT2D eigenvalue weighted by Crippen LogP contribution is -2.50. The third kappa shape index (κ3) is 5.18. The molecule has 1 saturated heterocycles. The summed E-state index contributed by atoms with van der Waals surface area (Å²) in [6, 6.07) is 10.5. The van der Waals surface area contributed by atoms with E-state index in [1.165, 1.54) is 28.7 Å². The van der Waals surface area contributed by atoms with Crippen LogP contribution in [0.4, 0.5) is 5.13 Å². The van der Waals surface area contributed by atoms with E-state index in [2.05, 4.69) is 44.7 Å². The van der Waals surface area contributed by atoms with Crippen molar-refractivity contribution in [1.29, 1.82) is 0 Å². The first-order valence-corrected chi connectivity index (χ1v) is 10.6. The molecule has 0 spiro atoms. The van der Waals surface area contributed by atoms with Crippen LogP contribution in [0.5, 0.6) is 0 Å². The van der Waals surface area contributed by atoms with Gasteiger partial charge in [0, 0.05) is 39.3 Å². The minimum Gasteiger partial charge on any atom is -0.360 e. The lowest BCUT2D eigenvalue weighted by molar-refractivity contribution is -0.132. The minimum atomic E-state index is -0.141. The number of aromatic nitrogens is 2. The average Bonchev–Trinajstić information content (AvgIpc) is 3.10. The summed E-state index contributed by atoms with van der Waals surface area (Å²) >= 11 is 3.00. The number of piperazine rings is 1. The van der Waals surface area contributed by atoms with Crippen molar-refractivity contribution in [3.8, 4) is 0 Å². The van der Waals surface area contributed by atoms with Gasteiger partial charge >= 0.3 is 0 Å². The van der Waals surface area contributed by atoms with Gasteiger partial charge in [0.2, 0.25) is 11.0 Å². The number of hydrogen-bond donors (Lipinski definition) is 1. The number of benzene rings is 1. The van der Waals surface area contributed by atoms with Crippen LogP contribution < -0.4 is 5.32 Å². The van der Waals surface area contributed by atoms with Gasteiger partial charge in [-0.05, 0) is 19.4 Å².